The molecule has 5 heteroatoms. The molecule has 0 spiro atoms. The van der Waals surface area contributed by atoms with Crippen LogP contribution in [0, 0.1) is 0 Å². The lowest BCUT2D eigenvalue weighted by molar-refractivity contribution is 0.459. The van der Waals surface area contributed by atoms with E-state index in [1.54, 1.807) is 0 Å². The Bertz CT molecular complexity index is 74.1. The summed E-state index contributed by atoms with van der Waals surface area (Å²) in [6.45, 7) is 0. The van der Waals surface area contributed by atoms with E-state index in [9.17, 15) is 0 Å². The van der Waals surface area contributed by atoms with Gasteiger partial charge in [0.25, 0.3) is 0 Å². The lowest BCUT2D eigenvalue weighted by atomic mass is 11.0. The van der Waals surface area contributed by atoms with E-state index in [1.165, 1.54) is 7.05 Å². The summed E-state index contributed by atoms with van der Waals surface area (Å²) in [5.41, 5.74) is 5.04. The van der Waals surface area contributed by atoms with Crippen LogP contribution in [0.4, 0.5) is 0 Å². The van der Waals surface area contributed by atoms with Gasteiger partial charge in [-0.25, -0.2) is 16.8 Å². The zero-order chi connectivity index (χ0) is 5.86. The Morgan fingerprint density at radius 3 is 2.00 bits per heavy atom. The maximum atomic E-state index is 5.04. The number of hydrazine groups is 2. The molecule has 42 valence electrons. The van der Waals surface area contributed by atoms with Crippen molar-refractivity contribution in [3.63, 3.8) is 0 Å². The molecule has 0 unspecified atom stereocenters. The average molecular weight is 103 g/mol. The first-order chi connectivity index (χ1) is 3.18. The van der Waals surface area contributed by atoms with Gasteiger partial charge < -0.3 is 5.73 Å². The van der Waals surface area contributed by atoms with E-state index in [4.69, 9.17) is 17.4 Å². The van der Waals surface area contributed by atoms with Crippen LogP contribution in [0.15, 0.2) is 4.99 Å². The molecule has 0 heterocycles. The molecule has 0 rings (SSSR count). The smallest absolute Gasteiger partial charge is 0.220 e. The molecule has 0 aromatic rings. The van der Waals surface area contributed by atoms with Crippen molar-refractivity contribution in [2.24, 2.45) is 22.4 Å². The van der Waals surface area contributed by atoms with Crippen LogP contribution in [0.3, 0.4) is 0 Å². The molecular weight excluding hydrogens is 94.1 g/mol. The summed E-state index contributed by atoms with van der Waals surface area (Å²) in [6.07, 6.45) is 0. The summed E-state index contributed by atoms with van der Waals surface area (Å²) in [7, 11) is 1.50. The molecule has 5 nitrogen and oxygen atoms in total. The van der Waals surface area contributed by atoms with Crippen molar-refractivity contribution in [2.75, 3.05) is 7.05 Å². The second kappa shape index (κ2) is 2.38. The topological polar surface area (TPSA) is 93.7 Å². The second-order valence-corrected chi connectivity index (χ2v) is 0.989. The Labute approximate surface area is 41.7 Å². The summed E-state index contributed by atoms with van der Waals surface area (Å²) in [4.78, 5) is 3.46. The minimum absolute atomic E-state index is 0.111. The van der Waals surface area contributed by atoms with Gasteiger partial charge in [-0.2, -0.15) is 0 Å². The van der Waals surface area contributed by atoms with Crippen molar-refractivity contribution in [1.82, 2.24) is 5.12 Å². The Morgan fingerprint density at radius 1 is 1.57 bits per heavy atom. The Balaban J connectivity index is 3.56. The highest BCUT2D eigenvalue weighted by Gasteiger charge is 1.87. The highest BCUT2D eigenvalue weighted by molar-refractivity contribution is 5.76. The molecular formula is C2H9N5. The minimum atomic E-state index is 0.111. The molecule has 0 atom stereocenters. The molecule has 0 aromatic carbocycles. The van der Waals surface area contributed by atoms with E-state index < -0.39 is 0 Å². The van der Waals surface area contributed by atoms with Gasteiger partial charge in [0, 0.05) is 7.05 Å². The van der Waals surface area contributed by atoms with Crippen molar-refractivity contribution >= 4 is 5.96 Å². The molecule has 0 radical (unpaired) electrons. The fourth-order valence-corrected chi connectivity index (χ4v) is 0.115. The first-order valence-corrected chi connectivity index (χ1v) is 1.70. The number of hydrogen-bond acceptors (Lipinski definition) is 3. The molecule has 0 aliphatic carbocycles. The Hall–Kier alpha value is -0.810. The number of guanidine groups is 1. The zero-order valence-corrected chi connectivity index (χ0v) is 4.13. The monoisotopic (exact) mass is 103 g/mol. The molecule has 0 saturated heterocycles. The number of rotatable bonds is 0. The number of hydrogen-bond donors (Lipinski definition) is 3. The second-order valence-electron chi connectivity index (χ2n) is 0.989. The summed E-state index contributed by atoms with van der Waals surface area (Å²) < 4.78 is 0. The predicted molar refractivity (Wildman–Crippen MR) is 27.8 cm³/mol. The van der Waals surface area contributed by atoms with Gasteiger partial charge in [-0.3, -0.25) is 4.99 Å². The van der Waals surface area contributed by atoms with Crippen molar-refractivity contribution < 1.29 is 0 Å². The van der Waals surface area contributed by atoms with E-state index in [1.807, 2.05) is 0 Å². The van der Waals surface area contributed by atoms with Crippen LogP contribution < -0.4 is 17.4 Å². The van der Waals surface area contributed by atoms with E-state index in [2.05, 4.69) is 4.99 Å². The lowest BCUT2D eigenvalue weighted by Crippen LogP contribution is -2.47. The number of nitrogens with two attached hydrogens (primary N) is 3. The van der Waals surface area contributed by atoms with Crippen LogP contribution >= 0.6 is 0 Å². The molecule has 6 N–H and O–H groups in total. The quantitative estimate of drug-likeness (QED) is 0.143. The fourth-order valence-electron chi connectivity index (χ4n) is 0.115. The van der Waals surface area contributed by atoms with E-state index in [0.29, 0.717) is 0 Å². The fraction of sp³-hybridized carbons (Fsp3) is 0.500. The summed E-state index contributed by atoms with van der Waals surface area (Å²) in [6, 6.07) is 0. The first kappa shape index (κ1) is 6.19. The molecule has 0 aromatic heterocycles. The van der Waals surface area contributed by atoms with Gasteiger partial charge in [0.05, 0.1) is 0 Å². The maximum absolute atomic E-state index is 5.04. The van der Waals surface area contributed by atoms with Gasteiger partial charge in [-0.1, -0.05) is 0 Å². The maximum Gasteiger partial charge on any atom is 0.220 e. The molecule has 0 fully saturated rings. The molecule has 0 aliphatic rings. The van der Waals surface area contributed by atoms with Crippen LogP contribution in [0.5, 0.6) is 0 Å². The Kier molecular flexibility index (Phi) is 2.10. The van der Waals surface area contributed by atoms with Crippen molar-refractivity contribution in [2.45, 2.75) is 0 Å². The Morgan fingerprint density at radius 2 is 2.00 bits per heavy atom. The number of aliphatic imine (C=N–C) groups is 1. The van der Waals surface area contributed by atoms with Crippen LogP contribution in [0.1, 0.15) is 0 Å². The summed E-state index contributed by atoms with van der Waals surface area (Å²) in [5.74, 6) is 9.91. The van der Waals surface area contributed by atoms with Crippen LogP contribution in [-0.4, -0.2) is 18.1 Å². The van der Waals surface area contributed by atoms with Crippen LogP contribution in [0.25, 0.3) is 0 Å². The standard InChI is InChI=1S/C2H9N5/c1-6-2(3)7(4)5/h4-5H2,1H3,(H2,3,6). The van der Waals surface area contributed by atoms with Gasteiger partial charge in [0.2, 0.25) is 5.96 Å². The normalized spacial score (nSPS) is 11.6. The molecule has 0 amide bonds. The van der Waals surface area contributed by atoms with Crippen LogP contribution in [-0.2, 0) is 0 Å². The van der Waals surface area contributed by atoms with E-state index in [0.717, 1.165) is 5.12 Å². The van der Waals surface area contributed by atoms with E-state index in [-0.39, 0.29) is 5.96 Å². The molecule has 7 heavy (non-hydrogen) atoms. The minimum Gasteiger partial charge on any atom is -0.368 e. The molecule has 0 saturated carbocycles. The highest BCUT2D eigenvalue weighted by Crippen LogP contribution is 1.59. The average Bonchev–Trinajstić information content (AvgIpc) is 1.65. The SMILES string of the molecule is C/N=C(\N)N(N)N. The van der Waals surface area contributed by atoms with Gasteiger partial charge in [-0.05, 0) is 0 Å². The third kappa shape index (κ3) is 1.96. The summed E-state index contributed by atoms with van der Waals surface area (Å²) >= 11 is 0. The summed E-state index contributed by atoms with van der Waals surface area (Å²) in [5, 5.41) is 0.750. The van der Waals surface area contributed by atoms with Crippen molar-refractivity contribution in [1.29, 1.82) is 0 Å². The number of nitrogens with zero attached hydrogens (tertiary/aromatic N) is 2. The van der Waals surface area contributed by atoms with E-state index >= 15 is 0 Å². The largest absolute Gasteiger partial charge is 0.368 e. The molecule has 0 bridgehead atoms. The third-order valence-electron chi connectivity index (χ3n) is 0.494. The van der Waals surface area contributed by atoms with Gasteiger partial charge in [-0.15, -0.1) is 0 Å². The van der Waals surface area contributed by atoms with Gasteiger partial charge in [0.1, 0.15) is 0 Å². The van der Waals surface area contributed by atoms with Crippen molar-refractivity contribution in [3.05, 3.63) is 0 Å². The first-order valence-electron chi connectivity index (χ1n) is 1.70. The zero-order valence-electron chi connectivity index (χ0n) is 4.13. The van der Waals surface area contributed by atoms with Crippen LogP contribution in [0.2, 0.25) is 0 Å². The lowest BCUT2D eigenvalue weighted by Gasteiger charge is -2.06. The van der Waals surface area contributed by atoms with Crippen molar-refractivity contribution in [3.8, 4) is 0 Å². The highest BCUT2D eigenvalue weighted by atomic mass is 15.6. The van der Waals surface area contributed by atoms with Gasteiger partial charge >= 0.3 is 0 Å². The molecule has 0 aliphatic heterocycles. The predicted octanol–water partition coefficient (Wildman–Crippen LogP) is -2.02. The third-order valence-corrected chi connectivity index (χ3v) is 0.494. The van der Waals surface area contributed by atoms with Gasteiger partial charge in [0.15, 0.2) is 0 Å².